The quantitative estimate of drug-likeness (QED) is 0.446. The second-order valence-electron chi connectivity index (χ2n) is 2.98. The number of nitrogens with zero attached hydrogens (tertiary/aromatic N) is 1. The minimum atomic E-state index is 0. The summed E-state index contributed by atoms with van der Waals surface area (Å²) in [6, 6.07) is 0. The number of thiocarbonyl (C=S) groups is 1. The first-order valence-electron chi connectivity index (χ1n) is 4.70. The molecule has 0 radical (unpaired) electrons. The van der Waals surface area contributed by atoms with E-state index in [1.165, 1.54) is 25.7 Å². The minimum absolute atomic E-state index is 0. The maximum Gasteiger partial charge on any atom is 2.00 e. The minimum Gasteiger partial charge on any atom is -0.358 e. The number of hydrogen-bond donors (Lipinski definition) is 1. The Labute approximate surface area is 103 Å². The van der Waals surface area contributed by atoms with Crippen LogP contribution in [-0.2, 0) is 16.5 Å². The second-order valence-corrected chi connectivity index (χ2v) is 4.09. The summed E-state index contributed by atoms with van der Waals surface area (Å²) in [5, 5.41) is 0. The predicted molar refractivity (Wildman–Crippen MR) is 63.0 cm³/mol. The van der Waals surface area contributed by atoms with Gasteiger partial charge < -0.3 is 4.90 Å². The van der Waals surface area contributed by atoms with Crippen LogP contribution in [0.4, 0.5) is 0 Å². The van der Waals surface area contributed by atoms with Gasteiger partial charge in [-0.05, 0) is 12.8 Å². The van der Waals surface area contributed by atoms with Crippen LogP contribution >= 0.6 is 24.8 Å². The van der Waals surface area contributed by atoms with Gasteiger partial charge in [-0.2, -0.15) is 0 Å². The molecule has 0 aromatic heterocycles. The summed E-state index contributed by atoms with van der Waals surface area (Å²) in [4.78, 5) is 2.19. The van der Waals surface area contributed by atoms with Gasteiger partial charge in [-0.1, -0.05) is 38.9 Å². The van der Waals surface area contributed by atoms with Crippen molar-refractivity contribution in [1.29, 1.82) is 0 Å². The maximum atomic E-state index is 5.03. The summed E-state index contributed by atoms with van der Waals surface area (Å²) in [6.45, 7) is 6.52. The van der Waals surface area contributed by atoms with E-state index in [0.717, 1.165) is 17.4 Å². The van der Waals surface area contributed by atoms with Crippen LogP contribution in [0, 0.1) is 0 Å². The molecule has 0 atom stereocenters. The standard InChI is InChI=1S/C9H19NS2.Ni/c1-3-5-7-10(9(11)12)8-6-4-2;/h3-8H2,1-2H3,(H,11,12);/q;+2. The molecule has 0 spiro atoms. The Bertz CT molecular complexity index is 123. The smallest absolute Gasteiger partial charge is 0.358 e. The molecule has 0 amide bonds. The van der Waals surface area contributed by atoms with Gasteiger partial charge in [0.25, 0.3) is 0 Å². The van der Waals surface area contributed by atoms with Crippen molar-refractivity contribution >= 4 is 29.2 Å². The third kappa shape index (κ3) is 9.05. The van der Waals surface area contributed by atoms with Crippen molar-refractivity contribution in [3.63, 3.8) is 0 Å². The third-order valence-corrected chi connectivity index (χ3v) is 2.37. The normalized spacial score (nSPS) is 9.15. The summed E-state index contributed by atoms with van der Waals surface area (Å²) in [6.07, 6.45) is 4.87. The first kappa shape index (κ1) is 16.2. The van der Waals surface area contributed by atoms with E-state index in [-0.39, 0.29) is 16.5 Å². The number of hydrogen-bond acceptors (Lipinski definition) is 1. The largest absolute Gasteiger partial charge is 2.00 e. The van der Waals surface area contributed by atoms with Gasteiger partial charge in [0.05, 0.1) is 0 Å². The van der Waals surface area contributed by atoms with Crippen LogP contribution in [0.15, 0.2) is 0 Å². The van der Waals surface area contributed by atoms with E-state index in [1.54, 1.807) is 0 Å². The topological polar surface area (TPSA) is 3.24 Å². The van der Waals surface area contributed by atoms with Gasteiger partial charge in [-0.25, -0.2) is 0 Å². The Morgan fingerprint density at radius 3 is 1.77 bits per heavy atom. The van der Waals surface area contributed by atoms with Crippen LogP contribution in [0.2, 0.25) is 0 Å². The van der Waals surface area contributed by atoms with Gasteiger partial charge in [0, 0.05) is 13.1 Å². The zero-order chi connectivity index (χ0) is 9.40. The molecule has 0 aromatic carbocycles. The third-order valence-electron chi connectivity index (χ3n) is 1.83. The summed E-state index contributed by atoms with van der Waals surface area (Å²) < 4.78 is 0.747. The Balaban J connectivity index is 0. The molecule has 0 saturated heterocycles. The zero-order valence-electron chi connectivity index (χ0n) is 8.36. The van der Waals surface area contributed by atoms with Crippen molar-refractivity contribution in [3.05, 3.63) is 0 Å². The maximum absolute atomic E-state index is 5.03. The zero-order valence-corrected chi connectivity index (χ0v) is 11.1. The monoisotopic (exact) mass is 263 g/mol. The molecule has 0 aliphatic heterocycles. The van der Waals surface area contributed by atoms with Crippen LogP contribution in [0.3, 0.4) is 0 Å². The van der Waals surface area contributed by atoms with E-state index < -0.39 is 0 Å². The summed E-state index contributed by atoms with van der Waals surface area (Å²) in [5.74, 6) is 0. The molecule has 0 heterocycles. The van der Waals surface area contributed by atoms with Crippen molar-refractivity contribution in [2.75, 3.05) is 13.1 Å². The Morgan fingerprint density at radius 1 is 1.15 bits per heavy atom. The molecule has 80 valence electrons. The van der Waals surface area contributed by atoms with E-state index in [0.29, 0.717) is 0 Å². The molecule has 0 aromatic rings. The van der Waals surface area contributed by atoms with Gasteiger partial charge in [-0.3, -0.25) is 0 Å². The van der Waals surface area contributed by atoms with Crippen LogP contribution in [0.25, 0.3) is 0 Å². The Hall–Kier alpha value is 0.734. The molecular weight excluding hydrogens is 245 g/mol. The molecule has 0 fully saturated rings. The Morgan fingerprint density at radius 2 is 1.54 bits per heavy atom. The van der Waals surface area contributed by atoms with Crippen molar-refractivity contribution in [3.8, 4) is 0 Å². The van der Waals surface area contributed by atoms with Gasteiger partial charge >= 0.3 is 16.5 Å². The number of unbranched alkanes of at least 4 members (excludes halogenated alkanes) is 2. The van der Waals surface area contributed by atoms with Crippen LogP contribution in [0.1, 0.15) is 39.5 Å². The van der Waals surface area contributed by atoms with Gasteiger partial charge in [0.15, 0.2) is 0 Å². The van der Waals surface area contributed by atoms with Crippen molar-refractivity contribution in [1.82, 2.24) is 4.90 Å². The average molecular weight is 264 g/mol. The fourth-order valence-electron chi connectivity index (χ4n) is 1.00. The van der Waals surface area contributed by atoms with E-state index in [9.17, 15) is 0 Å². The van der Waals surface area contributed by atoms with E-state index in [1.807, 2.05) is 0 Å². The van der Waals surface area contributed by atoms with Crippen LogP contribution in [-0.4, -0.2) is 22.3 Å². The average Bonchev–Trinajstić information content (AvgIpc) is 2.04. The summed E-state index contributed by atoms with van der Waals surface area (Å²) in [7, 11) is 0. The van der Waals surface area contributed by atoms with E-state index in [4.69, 9.17) is 12.2 Å². The van der Waals surface area contributed by atoms with Crippen LogP contribution in [0.5, 0.6) is 0 Å². The van der Waals surface area contributed by atoms with Crippen molar-refractivity contribution in [2.24, 2.45) is 0 Å². The molecule has 0 unspecified atom stereocenters. The molecule has 0 bridgehead atoms. The number of thiol groups is 1. The van der Waals surface area contributed by atoms with E-state index >= 15 is 0 Å². The van der Waals surface area contributed by atoms with Crippen molar-refractivity contribution in [2.45, 2.75) is 39.5 Å². The molecule has 0 N–H and O–H groups in total. The predicted octanol–water partition coefficient (Wildman–Crippen LogP) is 3.10. The molecule has 0 aliphatic carbocycles. The molecule has 1 nitrogen and oxygen atoms in total. The molecule has 4 heteroatoms. The molecule has 0 saturated carbocycles. The second kappa shape index (κ2) is 10.8. The van der Waals surface area contributed by atoms with Gasteiger partial charge in [-0.15, -0.1) is 12.6 Å². The number of rotatable bonds is 6. The molecular formula is C9H19NNiS2+2. The van der Waals surface area contributed by atoms with Gasteiger partial charge in [0.1, 0.15) is 4.32 Å². The fourth-order valence-corrected chi connectivity index (χ4v) is 1.38. The molecule has 13 heavy (non-hydrogen) atoms. The SMILES string of the molecule is CCCCN(CCCC)C(=S)S.[Ni+2]. The fraction of sp³-hybridized carbons (Fsp3) is 0.889. The van der Waals surface area contributed by atoms with Gasteiger partial charge in [0.2, 0.25) is 0 Å². The molecule has 0 rings (SSSR count). The van der Waals surface area contributed by atoms with E-state index in [2.05, 4.69) is 31.4 Å². The summed E-state index contributed by atoms with van der Waals surface area (Å²) in [5.41, 5.74) is 0. The molecule has 0 aliphatic rings. The Kier molecular flexibility index (Phi) is 13.5. The first-order chi connectivity index (χ1) is 5.72. The summed E-state index contributed by atoms with van der Waals surface area (Å²) >= 11 is 9.23. The van der Waals surface area contributed by atoms with Crippen molar-refractivity contribution < 1.29 is 16.5 Å². The first-order valence-corrected chi connectivity index (χ1v) is 5.55. The van der Waals surface area contributed by atoms with Crippen LogP contribution < -0.4 is 0 Å².